The van der Waals surface area contributed by atoms with Gasteiger partial charge in [0.25, 0.3) is 0 Å². The molecule has 0 aliphatic rings. The lowest BCUT2D eigenvalue weighted by Crippen LogP contribution is -2.31. The average molecular weight is 245 g/mol. The molecule has 16 heavy (non-hydrogen) atoms. The van der Waals surface area contributed by atoms with Crippen molar-refractivity contribution in [3.05, 3.63) is 29.8 Å². The smallest absolute Gasteiger partial charge is 0.175 e. The van der Waals surface area contributed by atoms with E-state index in [1.165, 1.54) is 24.3 Å². The molecule has 2 atom stereocenters. The van der Waals surface area contributed by atoms with Gasteiger partial charge in [0.15, 0.2) is 9.84 Å². The van der Waals surface area contributed by atoms with Crippen molar-refractivity contribution in [2.45, 2.75) is 17.0 Å². The molecule has 0 aliphatic heterocycles. The van der Waals surface area contributed by atoms with Crippen LogP contribution in [0.1, 0.15) is 11.7 Å². The van der Waals surface area contributed by atoms with Gasteiger partial charge in [0.05, 0.1) is 23.6 Å². The number of rotatable bonds is 4. The van der Waals surface area contributed by atoms with E-state index in [1.54, 1.807) is 0 Å². The Morgan fingerprint density at radius 3 is 2.19 bits per heavy atom. The predicted molar refractivity (Wildman–Crippen MR) is 59.6 cm³/mol. The fourth-order valence-electron chi connectivity index (χ4n) is 1.26. The molecule has 1 aromatic rings. The number of sulfone groups is 1. The minimum Gasteiger partial charge on any atom is -0.395 e. The summed E-state index contributed by atoms with van der Waals surface area (Å²) in [5.74, 6) is 0. The van der Waals surface area contributed by atoms with Crippen LogP contribution in [0.2, 0.25) is 0 Å². The lowest BCUT2D eigenvalue weighted by atomic mass is 10.0. The zero-order valence-corrected chi connectivity index (χ0v) is 9.68. The third-order valence-electron chi connectivity index (χ3n) is 2.27. The first-order chi connectivity index (χ1) is 7.36. The Morgan fingerprint density at radius 2 is 1.81 bits per heavy atom. The van der Waals surface area contributed by atoms with Crippen molar-refractivity contribution in [3.8, 4) is 0 Å². The number of hydrogen-bond acceptors (Lipinski definition) is 5. The molecule has 90 valence electrons. The van der Waals surface area contributed by atoms with E-state index in [-0.39, 0.29) is 11.5 Å². The Bertz CT molecular complexity index is 440. The zero-order valence-electron chi connectivity index (χ0n) is 8.87. The van der Waals surface area contributed by atoms with E-state index in [1.807, 2.05) is 0 Å². The standard InChI is InChI=1S/C10H15NO4S/c1-16(14,15)8-4-2-7(3-5-8)10(13)9(11)6-12/h2-5,9-10,12-13H,6,11H2,1H3/t9-,10?/m1/s1. The molecule has 1 rings (SSSR count). The van der Waals surface area contributed by atoms with Crippen LogP contribution >= 0.6 is 0 Å². The maximum Gasteiger partial charge on any atom is 0.175 e. The van der Waals surface area contributed by atoms with Crippen molar-refractivity contribution in [3.63, 3.8) is 0 Å². The van der Waals surface area contributed by atoms with Gasteiger partial charge in [-0.05, 0) is 17.7 Å². The summed E-state index contributed by atoms with van der Waals surface area (Å²) in [6, 6.07) is 4.99. The first kappa shape index (κ1) is 13.1. The van der Waals surface area contributed by atoms with Crippen molar-refractivity contribution in [1.29, 1.82) is 0 Å². The summed E-state index contributed by atoms with van der Waals surface area (Å²) in [7, 11) is -3.23. The van der Waals surface area contributed by atoms with Gasteiger partial charge in [0.2, 0.25) is 0 Å². The number of aliphatic hydroxyl groups excluding tert-OH is 2. The van der Waals surface area contributed by atoms with E-state index in [4.69, 9.17) is 10.8 Å². The molecule has 0 radical (unpaired) electrons. The van der Waals surface area contributed by atoms with Crippen LogP contribution < -0.4 is 5.73 Å². The van der Waals surface area contributed by atoms with E-state index in [2.05, 4.69) is 0 Å². The van der Waals surface area contributed by atoms with Crippen LogP contribution in [0.3, 0.4) is 0 Å². The van der Waals surface area contributed by atoms with Crippen LogP contribution in [-0.4, -0.2) is 37.5 Å². The van der Waals surface area contributed by atoms with Gasteiger partial charge in [-0.25, -0.2) is 8.42 Å². The minimum absolute atomic E-state index is 0.181. The maximum absolute atomic E-state index is 11.2. The summed E-state index contributed by atoms with van der Waals surface area (Å²) in [5, 5.41) is 18.4. The van der Waals surface area contributed by atoms with Gasteiger partial charge in [-0.15, -0.1) is 0 Å². The Balaban J connectivity index is 2.96. The quantitative estimate of drug-likeness (QED) is 0.660. The van der Waals surface area contributed by atoms with Crippen molar-refractivity contribution < 1.29 is 18.6 Å². The summed E-state index contributed by atoms with van der Waals surface area (Å²) in [6.45, 7) is -0.338. The second kappa shape index (κ2) is 4.92. The number of hydrogen-bond donors (Lipinski definition) is 3. The molecule has 1 unspecified atom stereocenters. The molecule has 0 bridgehead atoms. The zero-order chi connectivity index (χ0) is 12.3. The second-order valence-electron chi connectivity index (χ2n) is 3.63. The molecule has 0 spiro atoms. The molecule has 1 aromatic carbocycles. The van der Waals surface area contributed by atoms with Gasteiger partial charge in [0.1, 0.15) is 0 Å². The van der Waals surface area contributed by atoms with E-state index >= 15 is 0 Å². The van der Waals surface area contributed by atoms with E-state index < -0.39 is 22.0 Å². The highest BCUT2D eigenvalue weighted by Gasteiger charge is 2.16. The van der Waals surface area contributed by atoms with E-state index in [9.17, 15) is 13.5 Å². The van der Waals surface area contributed by atoms with Gasteiger partial charge in [-0.1, -0.05) is 12.1 Å². The highest BCUT2D eigenvalue weighted by molar-refractivity contribution is 7.90. The highest BCUT2D eigenvalue weighted by Crippen LogP contribution is 2.18. The average Bonchev–Trinajstić information content (AvgIpc) is 2.26. The second-order valence-corrected chi connectivity index (χ2v) is 5.65. The van der Waals surface area contributed by atoms with Gasteiger partial charge in [-0.2, -0.15) is 0 Å². The van der Waals surface area contributed by atoms with Crippen LogP contribution in [0.5, 0.6) is 0 Å². The normalized spacial score (nSPS) is 15.8. The van der Waals surface area contributed by atoms with E-state index in [0.717, 1.165) is 6.26 Å². The molecule has 0 aromatic heterocycles. The van der Waals surface area contributed by atoms with Crippen molar-refractivity contribution in [2.75, 3.05) is 12.9 Å². The van der Waals surface area contributed by atoms with Crippen LogP contribution in [-0.2, 0) is 9.84 Å². The lowest BCUT2D eigenvalue weighted by Gasteiger charge is -2.16. The lowest BCUT2D eigenvalue weighted by molar-refractivity contribution is 0.109. The van der Waals surface area contributed by atoms with Crippen molar-refractivity contribution in [2.24, 2.45) is 5.73 Å². The number of benzene rings is 1. The maximum atomic E-state index is 11.2. The Morgan fingerprint density at radius 1 is 1.31 bits per heavy atom. The fourth-order valence-corrected chi connectivity index (χ4v) is 1.89. The molecule has 0 amide bonds. The molecule has 0 saturated heterocycles. The monoisotopic (exact) mass is 245 g/mol. The van der Waals surface area contributed by atoms with Crippen LogP contribution in [0.15, 0.2) is 29.2 Å². The third-order valence-corrected chi connectivity index (χ3v) is 3.39. The largest absolute Gasteiger partial charge is 0.395 e. The van der Waals surface area contributed by atoms with Gasteiger partial charge >= 0.3 is 0 Å². The molecule has 0 saturated carbocycles. The molecular weight excluding hydrogens is 230 g/mol. The van der Waals surface area contributed by atoms with E-state index in [0.29, 0.717) is 5.56 Å². The molecule has 4 N–H and O–H groups in total. The number of aliphatic hydroxyl groups is 2. The minimum atomic E-state index is -3.23. The molecule has 5 nitrogen and oxygen atoms in total. The summed E-state index contributed by atoms with van der Waals surface area (Å²) in [4.78, 5) is 0.181. The first-order valence-electron chi connectivity index (χ1n) is 4.71. The predicted octanol–water partition coefficient (Wildman–Crippen LogP) is -0.557. The van der Waals surface area contributed by atoms with Gasteiger partial charge in [-0.3, -0.25) is 0 Å². The SMILES string of the molecule is CS(=O)(=O)c1ccc(C(O)[C@H](N)CO)cc1. The fraction of sp³-hybridized carbons (Fsp3) is 0.400. The van der Waals surface area contributed by atoms with Crippen LogP contribution in [0, 0.1) is 0 Å². The van der Waals surface area contributed by atoms with Crippen LogP contribution in [0.25, 0.3) is 0 Å². The first-order valence-corrected chi connectivity index (χ1v) is 6.60. The van der Waals surface area contributed by atoms with Gasteiger partial charge < -0.3 is 15.9 Å². The summed E-state index contributed by atoms with van der Waals surface area (Å²) in [6.07, 6.45) is 0.108. The Kier molecular flexibility index (Phi) is 4.03. The summed E-state index contributed by atoms with van der Waals surface area (Å²) < 4.78 is 22.4. The Hall–Kier alpha value is -0.950. The molecular formula is C10H15NO4S. The molecule has 0 heterocycles. The van der Waals surface area contributed by atoms with Crippen molar-refractivity contribution in [1.82, 2.24) is 0 Å². The van der Waals surface area contributed by atoms with Gasteiger partial charge in [0, 0.05) is 6.26 Å². The summed E-state index contributed by atoms with van der Waals surface area (Å²) in [5.41, 5.74) is 5.93. The van der Waals surface area contributed by atoms with Crippen LogP contribution in [0.4, 0.5) is 0 Å². The number of nitrogens with two attached hydrogens (primary N) is 1. The highest BCUT2D eigenvalue weighted by atomic mass is 32.2. The molecule has 0 fully saturated rings. The van der Waals surface area contributed by atoms with Crippen molar-refractivity contribution >= 4 is 9.84 Å². The molecule has 0 aliphatic carbocycles. The Labute approximate surface area is 94.4 Å². The topological polar surface area (TPSA) is 101 Å². The summed E-state index contributed by atoms with van der Waals surface area (Å²) >= 11 is 0. The third kappa shape index (κ3) is 3.02. The molecule has 6 heteroatoms.